The van der Waals surface area contributed by atoms with Crippen LogP contribution in [0.4, 0.5) is 0 Å². The van der Waals surface area contributed by atoms with Gasteiger partial charge in [0.1, 0.15) is 0 Å². The van der Waals surface area contributed by atoms with E-state index in [1.165, 1.54) is 0 Å². The lowest BCUT2D eigenvalue weighted by molar-refractivity contribution is -0.132. The Hall–Kier alpha value is -2.12. The van der Waals surface area contributed by atoms with Gasteiger partial charge in [-0.1, -0.05) is 6.07 Å². The van der Waals surface area contributed by atoms with Crippen molar-refractivity contribution in [2.75, 3.05) is 40.4 Å². The summed E-state index contributed by atoms with van der Waals surface area (Å²) in [5.74, 6) is 1.48. The summed E-state index contributed by atoms with van der Waals surface area (Å²) >= 11 is 1.68. The van der Waals surface area contributed by atoms with E-state index in [9.17, 15) is 4.79 Å². The number of methoxy groups -OCH3 is 2. The van der Waals surface area contributed by atoms with Crippen LogP contribution >= 0.6 is 11.3 Å². The molecule has 1 fully saturated rings. The zero-order valence-electron chi connectivity index (χ0n) is 15.5. The third-order valence-corrected chi connectivity index (χ3v) is 5.40. The second kappa shape index (κ2) is 8.51. The molecule has 140 valence electrons. The summed E-state index contributed by atoms with van der Waals surface area (Å²) in [5, 5.41) is 3.22. The number of thiazole rings is 1. The van der Waals surface area contributed by atoms with E-state index in [0.717, 1.165) is 49.0 Å². The van der Waals surface area contributed by atoms with Crippen LogP contribution in [0.2, 0.25) is 0 Å². The van der Waals surface area contributed by atoms with Gasteiger partial charge in [-0.15, -0.1) is 11.3 Å². The normalized spacial score (nSPS) is 15.1. The summed E-state index contributed by atoms with van der Waals surface area (Å²) < 4.78 is 10.6. The molecule has 0 radical (unpaired) electrons. The van der Waals surface area contributed by atoms with Gasteiger partial charge < -0.3 is 14.4 Å². The molecule has 26 heavy (non-hydrogen) atoms. The van der Waals surface area contributed by atoms with Crippen molar-refractivity contribution in [3.05, 3.63) is 39.8 Å². The summed E-state index contributed by atoms with van der Waals surface area (Å²) in [6, 6.07) is 5.63. The van der Waals surface area contributed by atoms with E-state index >= 15 is 0 Å². The smallest absolute Gasteiger partial charge is 0.227 e. The maximum absolute atomic E-state index is 12.6. The van der Waals surface area contributed by atoms with E-state index in [0.29, 0.717) is 17.9 Å². The van der Waals surface area contributed by atoms with E-state index in [-0.39, 0.29) is 5.91 Å². The number of ether oxygens (including phenoxy) is 2. The molecule has 1 aliphatic heterocycles. The van der Waals surface area contributed by atoms with Crippen molar-refractivity contribution in [1.82, 2.24) is 14.8 Å². The molecule has 0 saturated carbocycles. The van der Waals surface area contributed by atoms with Gasteiger partial charge in [-0.2, -0.15) is 0 Å². The first-order valence-corrected chi connectivity index (χ1v) is 9.59. The topological polar surface area (TPSA) is 54.9 Å². The Balaban J connectivity index is 1.52. The first-order valence-electron chi connectivity index (χ1n) is 8.71. The molecular formula is C19H25N3O3S. The highest BCUT2D eigenvalue weighted by molar-refractivity contribution is 7.09. The number of rotatable bonds is 6. The number of aryl methyl sites for hydroxylation is 1. The fraction of sp³-hybridized carbons (Fsp3) is 0.474. The van der Waals surface area contributed by atoms with E-state index in [4.69, 9.17) is 9.47 Å². The van der Waals surface area contributed by atoms with Crippen molar-refractivity contribution in [3.63, 3.8) is 0 Å². The van der Waals surface area contributed by atoms with Gasteiger partial charge in [0.05, 0.1) is 31.3 Å². The Bertz CT molecular complexity index is 754. The minimum atomic E-state index is 0.154. The van der Waals surface area contributed by atoms with E-state index in [1.54, 1.807) is 25.6 Å². The highest BCUT2D eigenvalue weighted by Gasteiger charge is 2.22. The van der Waals surface area contributed by atoms with Gasteiger partial charge in [0.15, 0.2) is 11.5 Å². The molecule has 1 saturated heterocycles. The molecule has 0 aliphatic carbocycles. The zero-order chi connectivity index (χ0) is 18.5. The van der Waals surface area contributed by atoms with Gasteiger partial charge in [0, 0.05) is 38.1 Å². The molecule has 7 heteroatoms. The predicted molar refractivity (Wildman–Crippen MR) is 102 cm³/mol. The fourth-order valence-electron chi connectivity index (χ4n) is 3.14. The van der Waals surface area contributed by atoms with Crippen LogP contribution in [0.25, 0.3) is 0 Å². The molecule has 0 N–H and O–H groups in total. The fourth-order valence-corrected chi connectivity index (χ4v) is 3.75. The maximum atomic E-state index is 12.6. The van der Waals surface area contributed by atoms with Crippen molar-refractivity contribution in [2.24, 2.45) is 0 Å². The second-order valence-electron chi connectivity index (χ2n) is 6.38. The van der Waals surface area contributed by atoms with E-state index in [2.05, 4.69) is 15.3 Å². The average molecular weight is 375 g/mol. The number of nitrogens with zero attached hydrogens (tertiary/aromatic N) is 3. The first kappa shape index (κ1) is 18.7. The van der Waals surface area contributed by atoms with Gasteiger partial charge >= 0.3 is 0 Å². The van der Waals surface area contributed by atoms with Crippen LogP contribution in [-0.2, 0) is 17.8 Å². The standard InChI is InChI=1S/C19H25N3O3S/c1-14-20-16(13-26-14)12-21-6-8-22(9-7-21)19(23)11-15-4-5-17(24-2)18(10-15)25-3/h4-5,10,13H,6-9,11-12H2,1-3H3. The number of piperazine rings is 1. The predicted octanol–water partition coefficient (Wildman–Crippen LogP) is 2.36. The monoisotopic (exact) mass is 375 g/mol. The lowest BCUT2D eigenvalue weighted by Crippen LogP contribution is -2.48. The van der Waals surface area contributed by atoms with Gasteiger partial charge in [-0.05, 0) is 24.6 Å². The lowest BCUT2D eigenvalue weighted by Gasteiger charge is -2.34. The summed E-state index contributed by atoms with van der Waals surface area (Å²) in [6.07, 6.45) is 0.381. The molecule has 2 heterocycles. The van der Waals surface area contributed by atoms with Crippen molar-refractivity contribution in [3.8, 4) is 11.5 Å². The molecule has 6 nitrogen and oxygen atoms in total. The second-order valence-corrected chi connectivity index (χ2v) is 7.44. The molecule has 1 aromatic carbocycles. The summed E-state index contributed by atoms with van der Waals surface area (Å²) in [5.41, 5.74) is 2.06. The lowest BCUT2D eigenvalue weighted by atomic mass is 10.1. The van der Waals surface area contributed by atoms with Crippen LogP contribution in [0.3, 0.4) is 0 Å². The average Bonchev–Trinajstić information content (AvgIpc) is 3.06. The molecule has 1 amide bonds. The molecule has 0 unspecified atom stereocenters. The van der Waals surface area contributed by atoms with Crippen LogP contribution in [0, 0.1) is 6.92 Å². The number of hydrogen-bond donors (Lipinski definition) is 0. The molecule has 2 aromatic rings. The number of amides is 1. The highest BCUT2D eigenvalue weighted by Crippen LogP contribution is 2.28. The zero-order valence-corrected chi connectivity index (χ0v) is 16.3. The van der Waals surface area contributed by atoms with Crippen molar-refractivity contribution < 1.29 is 14.3 Å². The maximum Gasteiger partial charge on any atom is 0.227 e. The number of benzene rings is 1. The molecule has 0 bridgehead atoms. The minimum Gasteiger partial charge on any atom is -0.493 e. The SMILES string of the molecule is COc1ccc(CC(=O)N2CCN(Cc3csc(C)n3)CC2)cc1OC. The quantitative estimate of drug-likeness (QED) is 0.776. The largest absolute Gasteiger partial charge is 0.493 e. The van der Waals surface area contributed by atoms with Crippen molar-refractivity contribution >= 4 is 17.2 Å². The Labute approximate surface area is 158 Å². The third kappa shape index (κ3) is 4.53. The number of aromatic nitrogens is 1. The Kier molecular flexibility index (Phi) is 6.11. The van der Waals surface area contributed by atoms with E-state index < -0.39 is 0 Å². The van der Waals surface area contributed by atoms with Gasteiger partial charge in [0.25, 0.3) is 0 Å². The van der Waals surface area contributed by atoms with Crippen molar-refractivity contribution in [1.29, 1.82) is 0 Å². The Morgan fingerprint density at radius 1 is 1.15 bits per heavy atom. The van der Waals surface area contributed by atoms with Crippen LogP contribution < -0.4 is 9.47 Å². The summed E-state index contributed by atoms with van der Waals surface area (Å²) in [7, 11) is 3.21. The number of carbonyl (C=O) groups excluding carboxylic acids is 1. The third-order valence-electron chi connectivity index (χ3n) is 4.58. The Morgan fingerprint density at radius 2 is 1.88 bits per heavy atom. The van der Waals surface area contributed by atoms with Gasteiger partial charge in [-0.25, -0.2) is 4.98 Å². The van der Waals surface area contributed by atoms with Gasteiger partial charge in [0.2, 0.25) is 5.91 Å². The number of carbonyl (C=O) groups is 1. The summed E-state index contributed by atoms with van der Waals surface area (Å²) in [4.78, 5) is 21.4. The highest BCUT2D eigenvalue weighted by atomic mass is 32.1. The minimum absolute atomic E-state index is 0.154. The molecule has 0 spiro atoms. The van der Waals surface area contributed by atoms with Crippen LogP contribution in [0.15, 0.2) is 23.6 Å². The molecule has 1 aliphatic rings. The van der Waals surface area contributed by atoms with Crippen molar-refractivity contribution in [2.45, 2.75) is 19.9 Å². The Morgan fingerprint density at radius 3 is 2.50 bits per heavy atom. The molecular weight excluding hydrogens is 350 g/mol. The van der Waals surface area contributed by atoms with Crippen LogP contribution in [0.5, 0.6) is 11.5 Å². The summed E-state index contributed by atoms with van der Waals surface area (Å²) in [6.45, 7) is 6.17. The first-order chi connectivity index (χ1) is 12.6. The van der Waals surface area contributed by atoms with E-state index in [1.807, 2.05) is 30.0 Å². The van der Waals surface area contributed by atoms with Crippen LogP contribution in [-0.4, -0.2) is 61.1 Å². The van der Waals surface area contributed by atoms with Crippen LogP contribution in [0.1, 0.15) is 16.3 Å². The number of hydrogen-bond acceptors (Lipinski definition) is 6. The molecule has 1 aromatic heterocycles. The molecule has 3 rings (SSSR count). The molecule has 0 atom stereocenters. The van der Waals surface area contributed by atoms with Gasteiger partial charge in [-0.3, -0.25) is 9.69 Å².